The zero-order chi connectivity index (χ0) is 13.7. The van der Waals surface area contributed by atoms with Crippen LogP contribution in [0.5, 0.6) is 0 Å². The third-order valence-electron chi connectivity index (χ3n) is 2.70. The number of benzene rings is 1. The maximum Gasteiger partial charge on any atom is 0.269 e. The van der Waals surface area contributed by atoms with Crippen molar-refractivity contribution in [2.75, 3.05) is 11.4 Å². The van der Waals surface area contributed by atoms with Crippen molar-refractivity contribution >= 4 is 11.4 Å². The number of hydrogen-bond donors (Lipinski definition) is 1. The summed E-state index contributed by atoms with van der Waals surface area (Å²) in [6, 6.07) is 4.75. The predicted molar refractivity (Wildman–Crippen MR) is 71.7 cm³/mol. The first kappa shape index (κ1) is 14.2. The summed E-state index contributed by atoms with van der Waals surface area (Å²) in [6.45, 7) is 8.14. The van der Waals surface area contributed by atoms with E-state index in [1.54, 1.807) is 12.1 Å². The first-order valence-electron chi connectivity index (χ1n) is 5.77. The van der Waals surface area contributed by atoms with Gasteiger partial charge in [0.15, 0.2) is 0 Å². The highest BCUT2D eigenvalue weighted by atomic mass is 16.6. The van der Waals surface area contributed by atoms with Gasteiger partial charge in [-0.05, 0) is 19.9 Å². The summed E-state index contributed by atoms with van der Waals surface area (Å²) in [6.07, 6.45) is 1.77. The molecule has 0 amide bonds. The summed E-state index contributed by atoms with van der Waals surface area (Å²) in [5, 5.41) is 20.1. The van der Waals surface area contributed by atoms with Gasteiger partial charge in [-0.3, -0.25) is 10.1 Å². The summed E-state index contributed by atoms with van der Waals surface area (Å²) in [5.74, 6) is 0. The molecule has 0 bridgehead atoms. The van der Waals surface area contributed by atoms with Crippen molar-refractivity contribution in [3.63, 3.8) is 0 Å². The average Bonchev–Trinajstić information content (AvgIpc) is 2.34. The molecule has 1 aromatic carbocycles. The highest BCUT2D eigenvalue weighted by Gasteiger charge is 2.16. The van der Waals surface area contributed by atoms with E-state index in [2.05, 4.69) is 6.58 Å². The average molecular weight is 250 g/mol. The van der Waals surface area contributed by atoms with Gasteiger partial charge in [0.25, 0.3) is 5.69 Å². The normalized spacial score (nSPS) is 10.4. The number of nitro benzene ring substituents is 1. The lowest BCUT2D eigenvalue weighted by molar-refractivity contribution is -0.384. The summed E-state index contributed by atoms with van der Waals surface area (Å²) < 4.78 is 0. The minimum absolute atomic E-state index is 0.00916. The highest BCUT2D eigenvalue weighted by molar-refractivity contribution is 5.58. The topological polar surface area (TPSA) is 66.6 Å². The van der Waals surface area contributed by atoms with E-state index in [4.69, 9.17) is 0 Å². The second-order valence-electron chi connectivity index (χ2n) is 4.26. The van der Waals surface area contributed by atoms with E-state index in [-0.39, 0.29) is 18.3 Å². The van der Waals surface area contributed by atoms with Gasteiger partial charge < -0.3 is 10.0 Å². The van der Waals surface area contributed by atoms with E-state index >= 15 is 0 Å². The molecule has 1 N–H and O–H groups in total. The van der Waals surface area contributed by atoms with Crippen LogP contribution in [0, 0.1) is 10.1 Å². The number of nitro groups is 1. The van der Waals surface area contributed by atoms with Crippen molar-refractivity contribution in [3.8, 4) is 0 Å². The molecule has 0 heterocycles. The molecule has 98 valence electrons. The number of nitrogens with zero attached hydrogens (tertiary/aromatic N) is 2. The molecule has 0 aliphatic rings. The molecule has 0 atom stereocenters. The van der Waals surface area contributed by atoms with Crippen LogP contribution in [0.3, 0.4) is 0 Å². The molecule has 18 heavy (non-hydrogen) atoms. The predicted octanol–water partition coefficient (Wildman–Crippen LogP) is 2.49. The summed E-state index contributed by atoms with van der Waals surface area (Å²) >= 11 is 0. The third-order valence-corrected chi connectivity index (χ3v) is 2.70. The van der Waals surface area contributed by atoms with Gasteiger partial charge in [0.2, 0.25) is 0 Å². The number of non-ortho nitro benzene ring substituents is 1. The van der Waals surface area contributed by atoms with Gasteiger partial charge in [-0.25, -0.2) is 0 Å². The fourth-order valence-corrected chi connectivity index (χ4v) is 1.82. The Balaban J connectivity index is 3.21. The first-order valence-corrected chi connectivity index (χ1v) is 5.77. The molecule has 1 rings (SSSR count). The molecular weight excluding hydrogens is 232 g/mol. The fraction of sp³-hybridized carbons (Fsp3) is 0.385. The molecule has 0 aliphatic heterocycles. The largest absolute Gasteiger partial charge is 0.392 e. The van der Waals surface area contributed by atoms with Crippen LogP contribution in [0.25, 0.3) is 0 Å². The van der Waals surface area contributed by atoms with Crippen molar-refractivity contribution in [3.05, 3.63) is 46.5 Å². The van der Waals surface area contributed by atoms with Crippen molar-refractivity contribution in [2.45, 2.75) is 26.5 Å². The van der Waals surface area contributed by atoms with Gasteiger partial charge in [-0.15, -0.1) is 6.58 Å². The minimum atomic E-state index is -0.462. The van der Waals surface area contributed by atoms with Crippen molar-refractivity contribution in [2.24, 2.45) is 0 Å². The third kappa shape index (κ3) is 3.07. The Kier molecular flexibility index (Phi) is 4.85. The van der Waals surface area contributed by atoms with Crippen LogP contribution in [0.15, 0.2) is 30.9 Å². The van der Waals surface area contributed by atoms with Crippen molar-refractivity contribution < 1.29 is 10.0 Å². The van der Waals surface area contributed by atoms with E-state index in [0.717, 1.165) is 5.69 Å². The molecule has 5 nitrogen and oxygen atoms in total. The number of aliphatic hydroxyl groups is 1. The van der Waals surface area contributed by atoms with Gasteiger partial charge in [0, 0.05) is 36.0 Å². The maximum absolute atomic E-state index is 10.7. The summed E-state index contributed by atoms with van der Waals surface area (Å²) in [7, 11) is 0. The van der Waals surface area contributed by atoms with Gasteiger partial charge in [-0.1, -0.05) is 6.08 Å². The molecule has 5 heteroatoms. The monoisotopic (exact) mass is 250 g/mol. The quantitative estimate of drug-likeness (QED) is 0.478. The van der Waals surface area contributed by atoms with Crippen LogP contribution in [0.2, 0.25) is 0 Å². The molecule has 0 unspecified atom stereocenters. The number of rotatable bonds is 6. The SMILES string of the molecule is C=CCN(c1ccc([N+](=O)[O-])cc1CO)C(C)C. The molecule has 0 fully saturated rings. The standard InChI is InChI=1S/C13H18N2O3/c1-4-7-14(10(2)3)13-6-5-12(15(17)18)8-11(13)9-16/h4-6,8,10,16H,1,7,9H2,2-3H3. The van der Waals surface area contributed by atoms with Crippen LogP contribution >= 0.6 is 0 Å². The minimum Gasteiger partial charge on any atom is -0.392 e. The van der Waals surface area contributed by atoms with Crippen LogP contribution < -0.4 is 4.90 Å². The molecule has 0 aliphatic carbocycles. The smallest absolute Gasteiger partial charge is 0.269 e. The van der Waals surface area contributed by atoms with Gasteiger partial charge >= 0.3 is 0 Å². The van der Waals surface area contributed by atoms with Crippen LogP contribution in [-0.2, 0) is 6.61 Å². The number of hydrogen-bond acceptors (Lipinski definition) is 4. The number of aliphatic hydroxyl groups excluding tert-OH is 1. The van der Waals surface area contributed by atoms with Gasteiger partial charge in [-0.2, -0.15) is 0 Å². The Morgan fingerprint density at radius 2 is 2.22 bits per heavy atom. The van der Waals surface area contributed by atoms with E-state index in [1.165, 1.54) is 12.1 Å². The van der Waals surface area contributed by atoms with E-state index < -0.39 is 4.92 Å². The molecule has 0 saturated heterocycles. The Morgan fingerprint density at radius 3 is 2.67 bits per heavy atom. The maximum atomic E-state index is 10.7. The lowest BCUT2D eigenvalue weighted by Gasteiger charge is -2.29. The Bertz CT molecular complexity index is 444. The van der Waals surface area contributed by atoms with Gasteiger partial charge in [0.1, 0.15) is 0 Å². The molecule has 0 aromatic heterocycles. The Morgan fingerprint density at radius 1 is 1.56 bits per heavy atom. The van der Waals surface area contributed by atoms with E-state index in [1.807, 2.05) is 18.7 Å². The molecular formula is C13H18N2O3. The molecule has 1 aromatic rings. The number of anilines is 1. The lowest BCUT2D eigenvalue weighted by Crippen LogP contribution is -2.31. The highest BCUT2D eigenvalue weighted by Crippen LogP contribution is 2.27. The Hall–Kier alpha value is -1.88. The zero-order valence-corrected chi connectivity index (χ0v) is 10.7. The summed E-state index contributed by atoms with van der Waals surface area (Å²) in [4.78, 5) is 12.3. The Labute approximate surface area is 107 Å². The molecule has 0 saturated carbocycles. The van der Waals surface area contributed by atoms with Crippen molar-refractivity contribution in [1.82, 2.24) is 0 Å². The van der Waals surface area contributed by atoms with Crippen LogP contribution in [-0.4, -0.2) is 22.6 Å². The zero-order valence-electron chi connectivity index (χ0n) is 10.7. The van der Waals surface area contributed by atoms with Crippen LogP contribution in [0.1, 0.15) is 19.4 Å². The molecule has 0 spiro atoms. The molecule has 0 radical (unpaired) electrons. The summed E-state index contributed by atoms with van der Waals surface area (Å²) in [5.41, 5.74) is 1.35. The fourth-order valence-electron chi connectivity index (χ4n) is 1.82. The van der Waals surface area contributed by atoms with E-state index in [9.17, 15) is 15.2 Å². The second-order valence-corrected chi connectivity index (χ2v) is 4.26. The van der Waals surface area contributed by atoms with Crippen LogP contribution in [0.4, 0.5) is 11.4 Å². The van der Waals surface area contributed by atoms with Gasteiger partial charge in [0.05, 0.1) is 11.5 Å². The first-order chi connectivity index (χ1) is 8.51. The van der Waals surface area contributed by atoms with Crippen molar-refractivity contribution in [1.29, 1.82) is 0 Å². The second kappa shape index (κ2) is 6.16. The van der Waals surface area contributed by atoms with E-state index in [0.29, 0.717) is 12.1 Å². The lowest BCUT2D eigenvalue weighted by atomic mass is 10.1.